The van der Waals surface area contributed by atoms with Crippen molar-refractivity contribution in [1.29, 1.82) is 0 Å². The molecule has 8 heteroatoms. The molecular formula is C19H19F2NO4S. The van der Waals surface area contributed by atoms with E-state index in [0.29, 0.717) is 28.1 Å². The topological polar surface area (TPSA) is 64.6 Å². The smallest absolute Gasteiger partial charge is 0.347 e. The molecule has 0 saturated heterocycles. The first-order valence-electron chi connectivity index (χ1n) is 8.08. The Balaban J connectivity index is 1.77. The Morgan fingerprint density at radius 1 is 1.15 bits per heavy atom. The molecule has 1 atom stereocenters. The molecule has 1 N–H and O–H groups in total. The van der Waals surface area contributed by atoms with Crippen LogP contribution in [0, 0.1) is 6.92 Å². The minimum atomic E-state index is -2.51. The maximum absolute atomic E-state index is 12.3. The van der Waals surface area contributed by atoms with Crippen LogP contribution >= 0.6 is 11.8 Å². The summed E-state index contributed by atoms with van der Waals surface area (Å²) in [6.45, 7) is 2.95. The van der Waals surface area contributed by atoms with E-state index < -0.39 is 30.3 Å². The minimum absolute atomic E-state index is 0.386. The average Bonchev–Trinajstić information content (AvgIpc) is 2.61. The molecule has 0 aromatic heterocycles. The van der Waals surface area contributed by atoms with Gasteiger partial charge in [0, 0.05) is 10.6 Å². The van der Waals surface area contributed by atoms with E-state index >= 15 is 0 Å². The van der Waals surface area contributed by atoms with Crippen molar-refractivity contribution in [2.75, 3.05) is 11.9 Å². The third kappa shape index (κ3) is 7.26. The van der Waals surface area contributed by atoms with Crippen LogP contribution in [0.3, 0.4) is 0 Å². The van der Waals surface area contributed by atoms with Crippen LogP contribution in [0.5, 0.6) is 5.75 Å². The van der Waals surface area contributed by atoms with Crippen molar-refractivity contribution < 1.29 is 27.8 Å². The van der Waals surface area contributed by atoms with Gasteiger partial charge in [0.15, 0.2) is 12.7 Å². The summed E-state index contributed by atoms with van der Waals surface area (Å²) in [5.41, 5.74) is 1.41. The number of rotatable bonds is 8. The van der Waals surface area contributed by atoms with Crippen LogP contribution in [-0.4, -0.2) is 30.3 Å². The molecule has 0 heterocycles. The molecule has 0 spiro atoms. The lowest BCUT2D eigenvalue weighted by atomic mass is 10.2. The highest BCUT2D eigenvalue weighted by atomic mass is 32.2. The first kappa shape index (κ1) is 20.7. The predicted molar refractivity (Wildman–Crippen MR) is 99.2 cm³/mol. The molecule has 0 radical (unpaired) electrons. The number of carbonyl (C=O) groups excluding carboxylic acids is 2. The van der Waals surface area contributed by atoms with E-state index in [1.807, 2.05) is 13.0 Å². The number of ether oxygens (including phenoxy) is 2. The lowest BCUT2D eigenvalue weighted by molar-refractivity contribution is -0.153. The van der Waals surface area contributed by atoms with E-state index in [1.165, 1.54) is 31.2 Å². The molecular weight excluding hydrogens is 376 g/mol. The van der Waals surface area contributed by atoms with Crippen molar-refractivity contribution in [2.45, 2.75) is 30.6 Å². The molecule has 0 fully saturated rings. The zero-order valence-corrected chi connectivity index (χ0v) is 15.6. The number of halogens is 2. The van der Waals surface area contributed by atoms with E-state index in [-0.39, 0.29) is 0 Å². The Morgan fingerprint density at radius 3 is 2.48 bits per heavy atom. The van der Waals surface area contributed by atoms with Crippen molar-refractivity contribution >= 4 is 29.3 Å². The Kier molecular flexibility index (Phi) is 7.60. The fourth-order valence-electron chi connectivity index (χ4n) is 2.11. The number of esters is 1. The number of hydrogen-bond donors (Lipinski definition) is 1. The maximum Gasteiger partial charge on any atom is 0.347 e. The molecule has 5 nitrogen and oxygen atoms in total. The Morgan fingerprint density at radius 2 is 1.85 bits per heavy atom. The van der Waals surface area contributed by atoms with E-state index in [1.54, 1.807) is 18.2 Å². The Hall–Kier alpha value is -2.61. The third-order valence-corrected chi connectivity index (χ3v) is 4.07. The Bertz CT molecular complexity index is 784. The average molecular weight is 395 g/mol. The SMILES string of the molecule is Cc1cccc(O[C@@H](C)C(=O)OCC(=O)Nc2ccc(SC(F)F)cc2)c1. The normalized spacial score (nSPS) is 11.7. The second-order valence-corrected chi connectivity index (χ2v) is 6.70. The zero-order valence-electron chi connectivity index (χ0n) is 14.8. The van der Waals surface area contributed by atoms with E-state index in [2.05, 4.69) is 5.32 Å². The van der Waals surface area contributed by atoms with Gasteiger partial charge in [-0.05, 0) is 55.8 Å². The quantitative estimate of drug-likeness (QED) is 0.535. The van der Waals surface area contributed by atoms with Gasteiger partial charge in [-0.15, -0.1) is 0 Å². The van der Waals surface area contributed by atoms with Gasteiger partial charge < -0.3 is 14.8 Å². The highest BCUT2D eigenvalue weighted by Gasteiger charge is 2.18. The van der Waals surface area contributed by atoms with Crippen LogP contribution < -0.4 is 10.1 Å². The van der Waals surface area contributed by atoms with Crippen molar-refractivity contribution in [3.63, 3.8) is 0 Å². The van der Waals surface area contributed by atoms with E-state index in [9.17, 15) is 18.4 Å². The minimum Gasteiger partial charge on any atom is -0.479 e. The van der Waals surface area contributed by atoms with Crippen molar-refractivity contribution in [2.24, 2.45) is 0 Å². The zero-order chi connectivity index (χ0) is 19.8. The second-order valence-electron chi connectivity index (χ2n) is 5.64. The summed E-state index contributed by atoms with van der Waals surface area (Å²) in [6.07, 6.45) is -0.870. The van der Waals surface area contributed by atoms with Crippen molar-refractivity contribution in [3.05, 3.63) is 54.1 Å². The fourth-order valence-corrected chi connectivity index (χ4v) is 2.61. The summed E-state index contributed by atoms with van der Waals surface area (Å²) in [6, 6.07) is 13.1. The summed E-state index contributed by atoms with van der Waals surface area (Å²) in [4.78, 5) is 24.2. The molecule has 0 aliphatic heterocycles. The largest absolute Gasteiger partial charge is 0.479 e. The van der Waals surface area contributed by atoms with Gasteiger partial charge in [0.1, 0.15) is 5.75 Å². The summed E-state index contributed by atoms with van der Waals surface area (Å²) in [7, 11) is 0. The summed E-state index contributed by atoms with van der Waals surface area (Å²) in [5.74, 6) is -3.18. The molecule has 27 heavy (non-hydrogen) atoms. The van der Waals surface area contributed by atoms with Crippen LogP contribution in [0.4, 0.5) is 14.5 Å². The van der Waals surface area contributed by atoms with E-state index in [4.69, 9.17) is 9.47 Å². The highest BCUT2D eigenvalue weighted by Crippen LogP contribution is 2.26. The highest BCUT2D eigenvalue weighted by molar-refractivity contribution is 7.99. The third-order valence-electron chi connectivity index (χ3n) is 3.34. The van der Waals surface area contributed by atoms with Gasteiger partial charge >= 0.3 is 5.97 Å². The number of nitrogens with one attached hydrogen (secondary N) is 1. The number of aryl methyl sites for hydroxylation is 1. The van der Waals surface area contributed by atoms with Gasteiger partial charge in [-0.1, -0.05) is 23.9 Å². The monoisotopic (exact) mass is 395 g/mol. The van der Waals surface area contributed by atoms with Crippen LogP contribution in [0.15, 0.2) is 53.4 Å². The summed E-state index contributed by atoms with van der Waals surface area (Å²) < 4.78 is 34.9. The molecule has 2 aromatic rings. The molecule has 2 rings (SSSR count). The van der Waals surface area contributed by atoms with Crippen LogP contribution in [-0.2, 0) is 14.3 Å². The van der Waals surface area contributed by atoms with E-state index in [0.717, 1.165) is 5.56 Å². The molecule has 1 amide bonds. The molecule has 0 unspecified atom stereocenters. The van der Waals surface area contributed by atoms with Gasteiger partial charge in [0.2, 0.25) is 0 Å². The number of amides is 1. The summed E-state index contributed by atoms with van der Waals surface area (Å²) in [5, 5.41) is 2.52. The molecule has 2 aromatic carbocycles. The predicted octanol–water partition coefficient (Wildman–Crippen LogP) is 4.26. The number of hydrogen-bond acceptors (Lipinski definition) is 5. The molecule has 0 aliphatic rings. The number of benzene rings is 2. The van der Waals surface area contributed by atoms with Crippen molar-refractivity contribution in [1.82, 2.24) is 0 Å². The van der Waals surface area contributed by atoms with Crippen LogP contribution in [0.2, 0.25) is 0 Å². The van der Waals surface area contributed by atoms with Gasteiger partial charge in [0.05, 0.1) is 0 Å². The van der Waals surface area contributed by atoms with Crippen molar-refractivity contribution in [3.8, 4) is 5.75 Å². The first-order valence-corrected chi connectivity index (χ1v) is 8.96. The van der Waals surface area contributed by atoms with Gasteiger partial charge in [-0.25, -0.2) is 4.79 Å². The second kappa shape index (κ2) is 9.91. The molecule has 0 bridgehead atoms. The summed E-state index contributed by atoms with van der Waals surface area (Å²) >= 11 is 0.416. The molecule has 0 saturated carbocycles. The fraction of sp³-hybridized carbons (Fsp3) is 0.263. The van der Waals surface area contributed by atoms with Gasteiger partial charge in [-0.2, -0.15) is 8.78 Å². The number of thioether (sulfide) groups is 1. The number of anilines is 1. The molecule has 144 valence electrons. The van der Waals surface area contributed by atoms with Gasteiger partial charge in [0.25, 0.3) is 11.7 Å². The van der Waals surface area contributed by atoms with Gasteiger partial charge in [-0.3, -0.25) is 4.79 Å². The lowest BCUT2D eigenvalue weighted by Crippen LogP contribution is -2.29. The molecule has 0 aliphatic carbocycles. The van der Waals surface area contributed by atoms with Crippen LogP contribution in [0.25, 0.3) is 0 Å². The number of carbonyl (C=O) groups is 2. The van der Waals surface area contributed by atoms with Crippen LogP contribution in [0.1, 0.15) is 12.5 Å². The lowest BCUT2D eigenvalue weighted by Gasteiger charge is -2.14. The number of alkyl halides is 2. The first-order chi connectivity index (χ1) is 12.8. The maximum atomic E-state index is 12.3. The Labute approximate surface area is 160 Å². The standard InChI is InChI=1S/C19H19F2NO4S/c1-12-4-3-5-15(10-12)26-13(2)18(24)25-11-17(23)22-14-6-8-16(9-7-14)27-19(20)21/h3-10,13,19H,11H2,1-2H3,(H,22,23)/t13-/m0/s1.